The number of likely N-dealkylation sites (tertiary alicyclic amines) is 1. The molecular formula is C21H25BrN2O3. The molecule has 0 bridgehead atoms. The van der Waals surface area contributed by atoms with Crippen LogP contribution in [-0.4, -0.2) is 41.6 Å². The first-order valence-corrected chi connectivity index (χ1v) is 9.99. The molecule has 0 aromatic heterocycles. The fourth-order valence-corrected chi connectivity index (χ4v) is 3.83. The first kappa shape index (κ1) is 19.7. The molecule has 0 saturated carbocycles. The highest BCUT2D eigenvalue weighted by Gasteiger charge is 2.27. The number of nitrogens with one attached hydrogen (secondary N) is 1. The van der Waals surface area contributed by atoms with Crippen LogP contribution in [0.1, 0.15) is 44.0 Å². The zero-order valence-corrected chi connectivity index (χ0v) is 17.5. The van der Waals surface area contributed by atoms with E-state index in [9.17, 15) is 9.59 Å². The first-order chi connectivity index (χ1) is 12.7. The average Bonchev–Trinajstić information content (AvgIpc) is 2.59. The lowest BCUT2D eigenvalue weighted by Crippen LogP contribution is -2.50. The van der Waals surface area contributed by atoms with E-state index < -0.39 is 11.7 Å². The Morgan fingerprint density at radius 3 is 2.74 bits per heavy atom. The lowest BCUT2D eigenvalue weighted by Gasteiger charge is -2.33. The molecule has 27 heavy (non-hydrogen) atoms. The van der Waals surface area contributed by atoms with Gasteiger partial charge in [0.05, 0.1) is 0 Å². The zero-order chi connectivity index (χ0) is 19.6. The molecule has 1 aliphatic rings. The molecule has 2 amide bonds. The summed E-state index contributed by atoms with van der Waals surface area (Å²) in [6.07, 6.45) is 1.26. The largest absolute Gasteiger partial charge is 0.444 e. The smallest absolute Gasteiger partial charge is 0.407 e. The predicted octanol–water partition coefficient (Wildman–Crippen LogP) is 4.73. The van der Waals surface area contributed by atoms with Crippen LogP contribution in [0.15, 0.2) is 40.9 Å². The number of nitrogens with zero attached hydrogens (tertiary/aromatic N) is 1. The molecule has 0 unspecified atom stereocenters. The van der Waals surface area contributed by atoms with Crippen molar-refractivity contribution in [2.45, 2.75) is 45.3 Å². The molecule has 1 atom stereocenters. The van der Waals surface area contributed by atoms with E-state index in [0.29, 0.717) is 18.7 Å². The number of hydrogen-bond donors (Lipinski definition) is 1. The minimum absolute atomic E-state index is 0.00688. The molecule has 1 heterocycles. The number of halogens is 1. The second-order valence-electron chi connectivity index (χ2n) is 7.91. The number of ether oxygens (including phenoxy) is 1. The van der Waals surface area contributed by atoms with Gasteiger partial charge in [-0.25, -0.2) is 4.79 Å². The highest BCUT2D eigenvalue weighted by molar-refractivity contribution is 9.10. The van der Waals surface area contributed by atoms with Crippen LogP contribution in [-0.2, 0) is 4.74 Å². The molecule has 3 rings (SSSR count). The van der Waals surface area contributed by atoms with E-state index in [2.05, 4.69) is 21.2 Å². The van der Waals surface area contributed by atoms with Crippen LogP contribution < -0.4 is 5.32 Å². The van der Waals surface area contributed by atoms with Crippen LogP contribution in [0.4, 0.5) is 4.79 Å². The molecule has 0 aliphatic carbocycles. The van der Waals surface area contributed by atoms with Gasteiger partial charge in [0.2, 0.25) is 0 Å². The van der Waals surface area contributed by atoms with Gasteiger partial charge in [-0.15, -0.1) is 0 Å². The SMILES string of the molecule is CC(C)(C)OC(=O)N[C@H]1CCCN(C(=O)c2ccc3c(Br)cccc3c2)C1. The third kappa shape index (κ3) is 5.01. The maximum atomic E-state index is 13.0. The van der Waals surface area contributed by atoms with Crippen molar-refractivity contribution in [3.05, 3.63) is 46.4 Å². The standard InChI is InChI=1S/C21H25BrN2O3/c1-21(2,3)27-20(26)23-16-7-5-11-24(13-16)19(25)15-9-10-17-14(12-15)6-4-8-18(17)22/h4,6,8-10,12,16H,5,7,11,13H2,1-3H3,(H,23,26)/t16-/m0/s1. The van der Waals surface area contributed by atoms with Gasteiger partial charge < -0.3 is 15.0 Å². The van der Waals surface area contributed by atoms with Crippen molar-refractivity contribution in [3.63, 3.8) is 0 Å². The van der Waals surface area contributed by atoms with Gasteiger partial charge in [-0.1, -0.05) is 34.1 Å². The van der Waals surface area contributed by atoms with Crippen molar-refractivity contribution in [1.29, 1.82) is 0 Å². The van der Waals surface area contributed by atoms with E-state index in [0.717, 1.165) is 28.1 Å². The van der Waals surface area contributed by atoms with Gasteiger partial charge in [0.15, 0.2) is 0 Å². The summed E-state index contributed by atoms with van der Waals surface area (Å²) in [7, 11) is 0. The quantitative estimate of drug-likeness (QED) is 0.745. The Morgan fingerprint density at radius 1 is 1.22 bits per heavy atom. The molecule has 144 valence electrons. The van der Waals surface area contributed by atoms with Crippen molar-refractivity contribution < 1.29 is 14.3 Å². The van der Waals surface area contributed by atoms with E-state index in [1.165, 1.54) is 0 Å². The van der Waals surface area contributed by atoms with E-state index in [1.807, 2.05) is 62.1 Å². The summed E-state index contributed by atoms with van der Waals surface area (Å²) < 4.78 is 6.33. The molecule has 1 N–H and O–H groups in total. The summed E-state index contributed by atoms with van der Waals surface area (Å²) in [5.41, 5.74) is 0.131. The molecule has 2 aromatic rings. The van der Waals surface area contributed by atoms with Crippen LogP contribution in [0.5, 0.6) is 0 Å². The number of hydrogen-bond acceptors (Lipinski definition) is 3. The maximum absolute atomic E-state index is 13.0. The Balaban J connectivity index is 1.69. The molecule has 0 radical (unpaired) electrons. The van der Waals surface area contributed by atoms with Crippen molar-refractivity contribution in [3.8, 4) is 0 Å². The lowest BCUT2D eigenvalue weighted by atomic mass is 10.0. The van der Waals surface area contributed by atoms with E-state index in [-0.39, 0.29) is 11.9 Å². The topological polar surface area (TPSA) is 58.6 Å². The Morgan fingerprint density at radius 2 is 2.00 bits per heavy atom. The molecular weight excluding hydrogens is 408 g/mol. The van der Waals surface area contributed by atoms with Crippen molar-refractivity contribution in [1.82, 2.24) is 10.2 Å². The number of piperidine rings is 1. The van der Waals surface area contributed by atoms with Gasteiger partial charge >= 0.3 is 6.09 Å². The highest BCUT2D eigenvalue weighted by Crippen LogP contribution is 2.25. The summed E-state index contributed by atoms with van der Waals surface area (Å²) in [6, 6.07) is 11.6. The molecule has 0 spiro atoms. The van der Waals surface area contributed by atoms with Crippen molar-refractivity contribution >= 4 is 38.7 Å². The van der Waals surface area contributed by atoms with Gasteiger partial charge in [-0.05, 0) is 62.6 Å². The number of amides is 2. The summed E-state index contributed by atoms with van der Waals surface area (Å²) in [4.78, 5) is 26.8. The third-order valence-electron chi connectivity index (χ3n) is 4.50. The summed E-state index contributed by atoms with van der Waals surface area (Å²) in [5.74, 6) is -0.00688. The van der Waals surface area contributed by atoms with E-state index in [1.54, 1.807) is 0 Å². The monoisotopic (exact) mass is 432 g/mol. The predicted molar refractivity (Wildman–Crippen MR) is 110 cm³/mol. The Hall–Kier alpha value is -2.08. The van der Waals surface area contributed by atoms with Gasteiger partial charge in [0.25, 0.3) is 5.91 Å². The maximum Gasteiger partial charge on any atom is 0.407 e. The normalized spacial score (nSPS) is 17.6. The van der Waals surface area contributed by atoms with Crippen LogP contribution >= 0.6 is 15.9 Å². The number of benzene rings is 2. The van der Waals surface area contributed by atoms with Crippen LogP contribution in [0.2, 0.25) is 0 Å². The summed E-state index contributed by atoms with van der Waals surface area (Å²) >= 11 is 3.54. The van der Waals surface area contributed by atoms with Gasteiger partial charge in [-0.3, -0.25) is 4.79 Å². The number of carbonyl (C=O) groups is 2. The molecule has 5 nitrogen and oxygen atoms in total. The second-order valence-corrected chi connectivity index (χ2v) is 8.77. The Bertz CT molecular complexity index is 860. The minimum atomic E-state index is -0.534. The van der Waals surface area contributed by atoms with E-state index in [4.69, 9.17) is 4.74 Å². The molecule has 6 heteroatoms. The summed E-state index contributed by atoms with van der Waals surface area (Å²) in [5, 5.41) is 4.99. The van der Waals surface area contributed by atoms with Crippen molar-refractivity contribution in [2.24, 2.45) is 0 Å². The average molecular weight is 433 g/mol. The number of rotatable bonds is 2. The molecule has 2 aromatic carbocycles. The Labute approximate surface area is 168 Å². The first-order valence-electron chi connectivity index (χ1n) is 9.20. The fraction of sp³-hybridized carbons (Fsp3) is 0.429. The van der Waals surface area contributed by atoms with Gasteiger partial charge in [0.1, 0.15) is 5.60 Å². The third-order valence-corrected chi connectivity index (χ3v) is 5.20. The Kier molecular flexibility index (Phi) is 5.75. The van der Waals surface area contributed by atoms with Crippen LogP contribution in [0.25, 0.3) is 10.8 Å². The van der Waals surface area contributed by atoms with Crippen molar-refractivity contribution in [2.75, 3.05) is 13.1 Å². The summed E-state index contributed by atoms with van der Waals surface area (Å²) in [6.45, 7) is 6.69. The number of fused-ring (bicyclic) bond motifs is 1. The molecule has 1 saturated heterocycles. The number of alkyl carbamates (subject to hydrolysis) is 1. The van der Waals surface area contributed by atoms with Crippen LogP contribution in [0.3, 0.4) is 0 Å². The van der Waals surface area contributed by atoms with Crippen LogP contribution in [0, 0.1) is 0 Å². The van der Waals surface area contributed by atoms with Gasteiger partial charge in [-0.2, -0.15) is 0 Å². The second kappa shape index (κ2) is 7.89. The van der Waals surface area contributed by atoms with Gasteiger partial charge in [0, 0.05) is 29.2 Å². The zero-order valence-electron chi connectivity index (χ0n) is 15.9. The molecule has 1 fully saturated rings. The lowest BCUT2D eigenvalue weighted by molar-refractivity contribution is 0.0452. The minimum Gasteiger partial charge on any atom is -0.444 e. The highest BCUT2D eigenvalue weighted by atomic mass is 79.9. The fourth-order valence-electron chi connectivity index (χ4n) is 3.31. The van der Waals surface area contributed by atoms with E-state index >= 15 is 0 Å². The number of carbonyl (C=O) groups excluding carboxylic acids is 2. The molecule has 1 aliphatic heterocycles.